The molecule has 0 radical (unpaired) electrons. The molecule has 2 N–H and O–H groups in total. The monoisotopic (exact) mass is 303 g/mol. The third-order valence-corrected chi connectivity index (χ3v) is 4.10. The van der Waals surface area contributed by atoms with Gasteiger partial charge in [-0.05, 0) is 49.2 Å². The van der Waals surface area contributed by atoms with Gasteiger partial charge in [-0.3, -0.25) is 9.69 Å². The second-order valence-corrected chi connectivity index (χ2v) is 5.76. The predicted octanol–water partition coefficient (Wildman–Crippen LogP) is 0.836. The highest BCUT2D eigenvalue weighted by molar-refractivity contribution is 5.90. The van der Waals surface area contributed by atoms with Crippen LogP contribution in [0.1, 0.15) is 18.1 Å². The fourth-order valence-corrected chi connectivity index (χ4v) is 2.92. The van der Waals surface area contributed by atoms with Crippen molar-refractivity contribution in [2.24, 2.45) is 0 Å². The third kappa shape index (κ3) is 3.22. The molecule has 22 heavy (non-hydrogen) atoms. The highest BCUT2D eigenvalue weighted by Crippen LogP contribution is 2.25. The summed E-state index contributed by atoms with van der Waals surface area (Å²) in [7, 11) is 0. The van der Waals surface area contributed by atoms with E-state index in [0.29, 0.717) is 13.1 Å². The Morgan fingerprint density at radius 3 is 2.91 bits per heavy atom. The maximum atomic E-state index is 12.0. The molecule has 0 aliphatic carbocycles. The molecule has 2 amide bonds. The molecule has 3 rings (SSSR count). The van der Waals surface area contributed by atoms with E-state index in [2.05, 4.69) is 22.8 Å². The molecule has 118 valence electrons. The van der Waals surface area contributed by atoms with Gasteiger partial charge in [0.05, 0.1) is 13.1 Å². The molecule has 1 fully saturated rings. The van der Waals surface area contributed by atoms with Crippen LogP contribution in [0.3, 0.4) is 0 Å². The molecular weight excluding hydrogens is 282 g/mol. The maximum Gasteiger partial charge on any atom is 0.414 e. The van der Waals surface area contributed by atoms with Gasteiger partial charge < -0.3 is 15.4 Å². The fourth-order valence-electron chi connectivity index (χ4n) is 2.92. The highest BCUT2D eigenvalue weighted by atomic mass is 16.6. The average Bonchev–Trinajstić information content (AvgIpc) is 2.71. The van der Waals surface area contributed by atoms with Crippen molar-refractivity contribution < 1.29 is 14.3 Å². The largest absolute Gasteiger partial charge is 0.442 e. The molecule has 1 aromatic carbocycles. The number of carbonyl (C=O) groups excluding carboxylic acids is 2. The summed E-state index contributed by atoms with van der Waals surface area (Å²) in [5.41, 5.74) is 3.51. The Bertz CT molecular complexity index is 588. The lowest BCUT2D eigenvalue weighted by Crippen LogP contribution is -2.33. The van der Waals surface area contributed by atoms with E-state index in [9.17, 15) is 9.59 Å². The Balaban J connectivity index is 1.72. The summed E-state index contributed by atoms with van der Waals surface area (Å²) in [4.78, 5) is 24.6. The van der Waals surface area contributed by atoms with E-state index < -0.39 is 0 Å². The molecule has 0 spiro atoms. The number of nitrogens with one attached hydrogen (secondary N) is 2. The quantitative estimate of drug-likeness (QED) is 0.868. The van der Waals surface area contributed by atoms with Crippen LogP contribution in [0.2, 0.25) is 0 Å². The summed E-state index contributed by atoms with van der Waals surface area (Å²) in [5.74, 6) is -0.118. The Morgan fingerprint density at radius 1 is 1.36 bits per heavy atom. The molecule has 2 aliphatic heterocycles. The van der Waals surface area contributed by atoms with Gasteiger partial charge in [0.15, 0.2) is 0 Å². The first-order valence-electron chi connectivity index (χ1n) is 7.68. The number of benzene rings is 1. The van der Waals surface area contributed by atoms with E-state index in [1.165, 1.54) is 18.1 Å². The van der Waals surface area contributed by atoms with Gasteiger partial charge >= 0.3 is 6.09 Å². The average molecular weight is 303 g/mol. The molecule has 0 bridgehead atoms. The van der Waals surface area contributed by atoms with Gasteiger partial charge in [0.2, 0.25) is 5.91 Å². The van der Waals surface area contributed by atoms with Crippen molar-refractivity contribution in [2.45, 2.75) is 25.9 Å². The van der Waals surface area contributed by atoms with E-state index in [0.717, 1.165) is 31.6 Å². The van der Waals surface area contributed by atoms with Gasteiger partial charge in [0.1, 0.15) is 6.10 Å². The summed E-state index contributed by atoms with van der Waals surface area (Å²) in [6, 6.07) is 6.17. The number of rotatable bonds is 3. The lowest BCUT2D eigenvalue weighted by atomic mass is 10.0. The van der Waals surface area contributed by atoms with Gasteiger partial charge in [-0.25, -0.2) is 4.79 Å². The fraction of sp³-hybridized carbons (Fsp3) is 0.500. The second kappa shape index (κ2) is 6.36. The third-order valence-electron chi connectivity index (χ3n) is 4.10. The molecule has 1 aromatic rings. The molecule has 1 saturated heterocycles. The molecule has 2 heterocycles. The van der Waals surface area contributed by atoms with E-state index >= 15 is 0 Å². The number of anilines is 1. The Kier molecular flexibility index (Phi) is 4.29. The van der Waals surface area contributed by atoms with Gasteiger partial charge in [0, 0.05) is 12.6 Å². The van der Waals surface area contributed by atoms with Crippen molar-refractivity contribution >= 4 is 17.7 Å². The van der Waals surface area contributed by atoms with Crippen molar-refractivity contribution in [2.75, 3.05) is 31.1 Å². The van der Waals surface area contributed by atoms with Gasteiger partial charge in [-0.15, -0.1) is 0 Å². The first-order valence-corrected chi connectivity index (χ1v) is 7.68. The van der Waals surface area contributed by atoms with Crippen LogP contribution in [0, 0.1) is 0 Å². The number of nitrogens with zero attached hydrogens (tertiary/aromatic N) is 1. The molecule has 0 saturated carbocycles. The minimum absolute atomic E-state index is 0.118. The van der Waals surface area contributed by atoms with Crippen LogP contribution in [0.4, 0.5) is 10.5 Å². The van der Waals surface area contributed by atoms with E-state index in [1.807, 2.05) is 6.07 Å². The smallest absolute Gasteiger partial charge is 0.414 e. The number of ether oxygens (including phenoxy) is 1. The zero-order valence-electron chi connectivity index (χ0n) is 12.7. The van der Waals surface area contributed by atoms with Gasteiger partial charge in [0.25, 0.3) is 0 Å². The lowest BCUT2D eigenvalue weighted by molar-refractivity contribution is -0.119. The van der Waals surface area contributed by atoms with Crippen molar-refractivity contribution in [1.82, 2.24) is 10.6 Å². The topological polar surface area (TPSA) is 70.7 Å². The number of cyclic esters (lactones) is 1. The zero-order chi connectivity index (χ0) is 15.5. The van der Waals surface area contributed by atoms with Gasteiger partial charge in [-0.1, -0.05) is 6.07 Å². The summed E-state index contributed by atoms with van der Waals surface area (Å²) in [6.07, 6.45) is 1.35. The second-order valence-electron chi connectivity index (χ2n) is 5.76. The first kappa shape index (κ1) is 14.8. The maximum absolute atomic E-state index is 12.0. The van der Waals surface area contributed by atoms with Crippen LogP contribution >= 0.6 is 0 Å². The van der Waals surface area contributed by atoms with Crippen LogP contribution < -0.4 is 15.5 Å². The summed E-state index contributed by atoms with van der Waals surface area (Å²) >= 11 is 0. The zero-order valence-corrected chi connectivity index (χ0v) is 12.7. The van der Waals surface area contributed by atoms with Crippen molar-refractivity contribution in [3.05, 3.63) is 29.3 Å². The van der Waals surface area contributed by atoms with E-state index in [-0.39, 0.29) is 18.1 Å². The number of hydrogen-bond acceptors (Lipinski definition) is 4. The molecule has 0 aromatic heterocycles. The lowest BCUT2D eigenvalue weighted by Gasteiger charge is -2.16. The number of amides is 2. The molecule has 6 nitrogen and oxygen atoms in total. The Morgan fingerprint density at radius 2 is 2.14 bits per heavy atom. The SMILES string of the molecule is CC(=O)NC[C@H]1CN(c2ccc3c(c2)CCNCC3)C(=O)O1. The number of fused-ring (bicyclic) bond motifs is 1. The van der Waals surface area contributed by atoms with E-state index in [1.54, 1.807) is 4.90 Å². The first-order chi connectivity index (χ1) is 10.6. The van der Waals surface area contributed by atoms with Crippen LogP contribution in [-0.4, -0.2) is 44.3 Å². The Hall–Kier alpha value is -2.08. The molecule has 1 atom stereocenters. The minimum atomic E-state index is -0.345. The molecule has 0 unspecified atom stereocenters. The van der Waals surface area contributed by atoms with Crippen LogP contribution in [0.5, 0.6) is 0 Å². The number of hydrogen-bond donors (Lipinski definition) is 2. The van der Waals surface area contributed by atoms with Crippen molar-refractivity contribution in [3.63, 3.8) is 0 Å². The summed E-state index contributed by atoms with van der Waals surface area (Å²) < 4.78 is 5.31. The van der Waals surface area contributed by atoms with Crippen LogP contribution in [0.15, 0.2) is 18.2 Å². The number of carbonyl (C=O) groups is 2. The molecule has 6 heteroatoms. The van der Waals surface area contributed by atoms with Gasteiger partial charge in [-0.2, -0.15) is 0 Å². The Labute approximate surface area is 129 Å². The predicted molar refractivity (Wildman–Crippen MR) is 83.0 cm³/mol. The standard InChI is InChI=1S/C16H21N3O3/c1-11(20)18-9-15-10-19(16(21)22-15)14-3-2-12-4-6-17-7-5-13(12)8-14/h2-3,8,15,17H,4-7,9-10H2,1H3,(H,18,20)/t15-/m0/s1. The molecular formula is C16H21N3O3. The molecule has 2 aliphatic rings. The van der Waals surface area contributed by atoms with Crippen molar-refractivity contribution in [1.29, 1.82) is 0 Å². The highest BCUT2D eigenvalue weighted by Gasteiger charge is 2.32. The van der Waals surface area contributed by atoms with E-state index in [4.69, 9.17) is 4.74 Å². The van der Waals surface area contributed by atoms with Crippen molar-refractivity contribution in [3.8, 4) is 0 Å². The van der Waals surface area contributed by atoms with Crippen LogP contribution in [-0.2, 0) is 22.4 Å². The summed E-state index contributed by atoms with van der Waals surface area (Å²) in [6.45, 7) is 4.24. The van der Waals surface area contributed by atoms with Crippen LogP contribution in [0.25, 0.3) is 0 Å². The summed E-state index contributed by atoms with van der Waals surface area (Å²) in [5, 5.41) is 6.07. The normalized spacial score (nSPS) is 21.0. The minimum Gasteiger partial charge on any atom is -0.442 e.